The third kappa shape index (κ3) is 1.07. The van der Waals surface area contributed by atoms with Crippen molar-refractivity contribution in [2.75, 3.05) is 6.61 Å². The highest BCUT2D eigenvalue weighted by Gasteiger charge is 2.09. The standard InChI is InChI=1S/C3H3NOS2/c6-2-1-5-3(7)4-2/h1H2,(H,4,6,7). The molecule has 0 aromatic rings. The van der Waals surface area contributed by atoms with Crippen LogP contribution in [0.3, 0.4) is 0 Å². The van der Waals surface area contributed by atoms with Crippen molar-refractivity contribution in [3.63, 3.8) is 0 Å². The number of hydrogen-bond acceptors (Lipinski definition) is 3. The lowest BCUT2D eigenvalue weighted by molar-refractivity contribution is 0.389. The molecule has 1 rings (SSSR count). The average molecular weight is 133 g/mol. The Hall–Kier alpha value is -0.220. The molecule has 1 aliphatic rings. The fourth-order valence-electron chi connectivity index (χ4n) is 0.317. The normalized spacial score (nSPS) is 18.9. The smallest absolute Gasteiger partial charge is 0.262 e. The fraction of sp³-hybridized carbons (Fsp3) is 0.333. The number of nitrogens with one attached hydrogen (secondary N) is 1. The fourth-order valence-corrected chi connectivity index (χ4v) is 0.715. The van der Waals surface area contributed by atoms with Crippen LogP contribution in [0, 0.1) is 0 Å². The van der Waals surface area contributed by atoms with Gasteiger partial charge in [-0.1, -0.05) is 12.2 Å². The van der Waals surface area contributed by atoms with Crippen molar-refractivity contribution in [3.05, 3.63) is 0 Å². The molecule has 7 heavy (non-hydrogen) atoms. The number of rotatable bonds is 0. The van der Waals surface area contributed by atoms with Gasteiger partial charge in [0.15, 0.2) is 0 Å². The minimum atomic E-state index is 0.394. The molecule has 0 aromatic heterocycles. The maximum Gasteiger partial charge on any atom is 0.262 e. The van der Waals surface area contributed by atoms with Gasteiger partial charge in [-0.3, -0.25) is 0 Å². The molecule has 0 radical (unpaired) electrons. The van der Waals surface area contributed by atoms with E-state index in [2.05, 4.69) is 29.8 Å². The van der Waals surface area contributed by atoms with E-state index in [9.17, 15) is 0 Å². The topological polar surface area (TPSA) is 21.3 Å². The van der Waals surface area contributed by atoms with Gasteiger partial charge in [-0.05, 0) is 12.2 Å². The maximum absolute atomic E-state index is 4.74. The third-order valence-electron chi connectivity index (χ3n) is 0.576. The lowest BCUT2D eigenvalue weighted by Crippen LogP contribution is -2.16. The van der Waals surface area contributed by atoms with Gasteiger partial charge in [0, 0.05) is 0 Å². The Morgan fingerprint density at radius 2 is 2.29 bits per heavy atom. The van der Waals surface area contributed by atoms with E-state index in [-0.39, 0.29) is 0 Å². The predicted molar refractivity (Wildman–Crippen MR) is 34.3 cm³/mol. The first-order valence-electron chi connectivity index (χ1n) is 1.75. The van der Waals surface area contributed by atoms with Crippen molar-refractivity contribution in [1.82, 2.24) is 5.32 Å². The highest BCUT2D eigenvalue weighted by Crippen LogP contribution is 1.89. The molecular formula is C3H3NOS2. The summed E-state index contributed by atoms with van der Waals surface area (Å²) in [5.41, 5.74) is 0. The molecule has 0 unspecified atom stereocenters. The summed E-state index contributed by atoms with van der Waals surface area (Å²) in [7, 11) is 0. The van der Waals surface area contributed by atoms with E-state index in [1.807, 2.05) is 0 Å². The van der Waals surface area contributed by atoms with Gasteiger partial charge in [0.25, 0.3) is 5.17 Å². The molecule has 1 saturated heterocycles. The van der Waals surface area contributed by atoms with Crippen LogP contribution >= 0.6 is 24.4 Å². The summed E-state index contributed by atoms with van der Waals surface area (Å²) in [6.07, 6.45) is 0. The number of ether oxygens (including phenoxy) is 1. The summed E-state index contributed by atoms with van der Waals surface area (Å²) in [6.45, 7) is 0.453. The maximum atomic E-state index is 4.74. The Bertz CT molecular complexity index is 108. The van der Waals surface area contributed by atoms with Crippen LogP contribution in [-0.4, -0.2) is 16.8 Å². The Morgan fingerprint density at radius 3 is 2.43 bits per heavy atom. The number of thiocarbonyl (C=S) groups is 2. The Balaban J connectivity index is 2.55. The molecule has 1 heterocycles. The molecule has 0 saturated carbocycles. The largest absolute Gasteiger partial charge is 0.463 e. The zero-order chi connectivity index (χ0) is 5.28. The van der Waals surface area contributed by atoms with E-state index >= 15 is 0 Å². The first kappa shape index (κ1) is 4.93. The van der Waals surface area contributed by atoms with Crippen molar-refractivity contribution < 1.29 is 4.74 Å². The highest BCUT2D eigenvalue weighted by molar-refractivity contribution is 7.82. The van der Waals surface area contributed by atoms with Crippen LogP contribution in [-0.2, 0) is 4.74 Å². The van der Waals surface area contributed by atoms with Crippen LogP contribution in [0.1, 0.15) is 0 Å². The molecule has 0 aliphatic carbocycles. The van der Waals surface area contributed by atoms with Crippen LogP contribution in [0.5, 0.6) is 0 Å². The first-order valence-corrected chi connectivity index (χ1v) is 2.57. The van der Waals surface area contributed by atoms with Gasteiger partial charge in [0.1, 0.15) is 11.6 Å². The molecule has 4 heteroatoms. The van der Waals surface area contributed by atoms with Crippen LogP contribution in [0.25, 0.3) is 0 Å². The third-order valence-corrected chi connectivity index (χ3v) is 1.02. The molecular weight excluding hydrogens is 130 g/mol. The van der Waals surface area contributed by atoms with E-state index < -0.39 is 0 Å². The zero-order valence-electron chi connectivity index (χ0n) is 3.43. The summed E-state index contributed by atoms with van der Waals surface area (Å²) in [6, 6.07) is 0. The van der Waals surface area contributed by atoms with Crippen LogP contribution < -0.4 is 5.32 Å². The minimum absolute atomic E-state index is 0.394. The van der Waals surface area contributed by atoms with Crippen molar-refractivity contribution in [3.8, 4) is 0 Å². The summed E-state index contributed by atoms with van der Waals surface area (Å²) in [5, 5.41) is 3.05. The summed E-state index contributed by atoms with van der Waals surface area (Å²) >= 11 is 9.25. The van der Waals surface area contributed by atoms with E-state index in [1.54, 1.807) is 0 Å². The number of hydrogen-bond donors (Lipinski definition) is 1. The zero-order valence-corrected chi connectivity index (χ0v) is 5.06. The molecule has 0 amide bonds. The lowest BCUT2D eigenvalue weighted by atomic mass is 10.7. The van der Waals surface area contributed by atoms with Gasteiger partial charge in [0.05, 0.1) is 0 Å². The molecule has 0 aromatic carbocycles. The SMILES string of the molecule is S=C1COC(=S)N1. The van der Waals surface area contributed by atoms with E-state index in [4.69, 9.17) is 4.74 Å². The Morgan fingerprint density at radius 1 is 1.57 bits per heavy atom. The monoisotopic (exact) mass is 133 g/mol. The van der Waals surface area contributed by atoms with Crippen LogP contribution in [0.2, 0.25) is 0 Å². The van der Waals surface area contributed by atoms with Gasteiger partial charge in [-0.25, -0.2) is 0 Å². The second-order valence-electron chi connectivity index (χ2n) is 1.12. The molecule has 38 valence electrons. The molecule has 0 atom stereocenters. The lowest BCUT2D eigenvalue weighted by Gasteiger charge is -1.84. The molecule has 1 aliphatic heterocycles. The minimum Gasteiger partial charge on any atom is -0.463 e. The molecule has 2 nitrogen and oxygen atoms in total. The van der Waals surface area contributed by atoms with Crippen molar-refractivity contribution in [2.24, 2.45) is 0 Å². The van der Waals surface area contributed by atoms with Gasteiger partial charge in [-0.15, -0.1) is 0 Å². The quantitative estimate of drug-likeness (QED) is 0.477. The second-order valence-corrected chi connectivity index (χ2v) is 1.99. The predicted octanol–water partition coefficient (Wildman–Crippen LogP) is 0.219. The average Bonchev–Trinajstić information content (AvgIpc) is 1.87. The van der Waals surface area contributed by atoms with Gasteiger partial charge >= 0.3 is 0 Å². The van der Waals surface area contributed by atoms with Crippen molar-refractivity contribution in [1.29, 1.82) is 0 Å². The molecule has 0 spiro atoms. The van der Waals surface area contributed by atoms with Crippen LogP contribution in [0.15, 0.2) is 0 Å². The van der Waals surface area contributed by atoms with Gasteiger partial charge in [-0.2, -0.15) is 0 Å². The van der Waals surface area contributed by atoms with Crippen LogP contribution in [0.4, 0.5) is 0 Å². The molecule has 0 bridgehead atoms. The summed E-state index contributed by atoms with van der Waals surface area (Å²) < 4.78 is 4.74. The van der Waals surface area contributed by atoms with E-state index in [0.29, 0.717) is 16.8 Å². The van der Waals surface area contributed by atoms with Gasteiger partial charge in [0.2, 0.25) is 0 Å². The van der Waals surface area contributed by atoms with Crippen molar-refractivity contribution in [2.45, 2.75) is 0 Å². The summed E-state index contributed by atoms with van der Waals surface area (Å²) in [4.78, 5) is 0.671. The Labute approximate surface area is 51.8 Å². The van der Waals surface area contributed by atoms with Crippen molar-refractivity contribution >= 4 is 34.6 Å². The summed E-state index contributed by atoms with van der Waals surface area (Å²) in [5.74, 6) is 0. The van der Waals surface area contributed by atoms with Gasteiger partial charge < -0.3 is 10.1 Å². The van der Waals surface area contributed by atoms with E-state index in [0.717, 1.165) is 0 Å². The highest BCUT2D eigenvalue weighted by atomic mass is 32.1. The molecule has 1 fully saturated rings. The second kappa shape index (κ2) is 1.71. The van der Waals surface area contributed by atoms with E-state index in [1.165, 1.54) is 0 Å². The first-order chi connectivity index (χ1) is 3.29. The molecule has 1 N–H and O–H groups in total. The Kier molecular flexibility index (Phi) is 1.21.